The van der Waals surface area contributed by atoms with Crippen molar-refractivity contribution in [1.29, 1.82) is 0 Å². The molecule has 0 aliphatic carbocycles. The van der Waals surface area contributed by atoms with E-state index in [1.54, 1.807) is 12.1 Å². The Bertz CT molecular complexity index is 1100. The summed E-state index contributed by atoms with van der Waals surface area (Å²) in [6.07, 6.45) is -5.06. The lowest BCUT2D eigenvalue weighted by Gasteiger charge is -2.24. The minimum Gasteiger partial charge on any atom is -0.365 e. The van der Waals surface area contributed by atoms with E-state index in [1.165, 1.54) is 22.9 Å². The quantitative estimate of drug-likeness (QED) is 0.604. The molecule has 0 bridgehead atoms. The molecule has 11 heteroatoms. The lowest BCUT2D eigenvalue weighted by Crippen LogP contribution is -2.24. The second-order valence-electron chi connectivity index (χ2n) is 6.56. The van der Waals surface area contributed by atoms with E-state index in [0.717, 1.165) is 17.7 Å². The Morgan fingerprint density at radius 1 is 1.20 bits per heavy atom. The number of nitrogens with zero attached hydrogens (tertiary/aromatic N) is 3. The monoisotopic (exact) mass is 440 g/mol. The minimum absolute atomic E-state index is 0.00617. The highest BCUT2D eigenvalue weighted by molar-refractivity contribution is 6.31. The van der Waals surface area contributed by atoms with Crippen molar-refractivity contribution in [2.45, 2.75) is 25.4 Å². The van der Waals surface area contributed by atoms with Gasteiger partial charge >= 0.3 is 6.18 Å². The van der Waals surface area contributed by atoms with Crippen LogP contribution < -0.4 is 5.32 Å². The van der Waals surface area contributed by atoms with Crippen molar-refractivity contribution < 1.29 is 27.1 Å². The molecule has 0 saturated heterocycles. The number of nitrogens with one attached hydrogen (secondary N) is 1. The van der Waals surface area contributed by atoms with Crippen LogP contribution in [0.4, 0.5) is 23.2 Å². The lowest BCUT2D eigenvalue weighted by atomic mass is 10.1. The summed E-state index contributed by atoms with van der Waals surface area (Å²) in [5.74, 6) is -1.10. The molecule has 30 heavy (non-hydrogen) atoms. The van der Waals surface area contributed by atoms with Crippen molar-refractivity contribution in [2.75, 3.05) is 5.32 Å². The molecule has 2 aromatic carbocycles. The van der Waals surface area contributed by atoms with Gasteiger partial charge in [-0.1, -0.05) is 28.9 Å². The summed E-state index contributed by atoms with van der Waals surface area (Å²) >= 11 is 5.59. The van der Waals surface area contributed by atoms with Crippen molar-refractivity contribution in [3.63, 3.8) is 0 Å². The van der Waals surface area contributed by atoms with Gasteiger partial charge in [0.15, 0.2) is 5.69 Å². The number of halogens is 5. The van der Waals surface area contributed by atoms with Gasteiger partial charge < -0.3 is 10.1 Å². The van der Waals surface area contributed by atoms with Gasteiger partial charge in [0.1, 0.15) is 11.9 Å². The average Bonchev–Trinajstić information content (AvgIpc) is 3.12. The zero-order valence-electron chi connectivity index (χ0n) is 15.1. The number of hydrogen-bond acceptors (Lipinski definition) is 4. The van der Waals surface area contributed by atoms with Gasteiger partial charge in [0.2, 0.25) is 0 Å². The normalized spacial score (nSPS) is 16.2. The van der Waals surface area contributed by atoms with Gasteiger partial charge in [-0.25, -0.2) is 9.07 Å². The number of benzene rings is 2. The Morgan fingerprint density at radius 2 is 1.93 bits per heavy atom. The first-order valence-corrected chi connectivity index (χ1v) is 9.07. The number of hydrogen-bond donors (Lipinski definition) is 1. The summed E-state index contributed by atoms with van der Waals surface area (Å²) in [4.78, 5) is 12.5. The van der Waals surface area contributed by atoms with Crippen molar-refractivity contribution in [2.24, 2.45) is 0 Å². The lowest BCUT2D eigenvalue weighted by molar-refractivity contribution is -0.137. The van der Waals surface area contributed by atoms with Crippen LogP contribution in [-0.4, -0.2) is 20.9 Å². The first kappa shape index (κ1) is 20.3. The number of ether oxygens (including phenoxy) is 1. The molecule has 1 N–H and O–H groups in total. The number of carbonyl (C=O) groups is 1. The second-order valence-corrected chi connectivity index (χ2v) is 6.97. The van der Waals surface area contributed by atoms with Crippen molar-refractivity contribution >= 4 is 23.2 Å². The van der Waals surface area contributed by atoms with E-state index in [-0.39, 0.29) is 30.4 Å². The Kier molecular flexibility index (Phi) is 5.20. The predicted molar refractivity (Wildman–Crippen MR) is 98.4 cm³/mol. The molecule has 156 valence electrons. The fraction of sp³-hybridized carbons (Fsp3) is 0.211. The largest absolute Gasteiger partial charge is 0.417 e. The number of rotatable bonds is 3. The number of aromatic nitrogens is 3. The fourth-order valence-corrected chi connectivity index (χ4v) is 3.30. The van der Waals surface area contributed by atoms with Crippen LogP contribution >= 0.6 is 11.6 Å². The predicted octanol–water partition coefficient (Wildman–Crippen LogP) is 4.61. The van der Waals surface area contributed by atoms with Gasteiger partial charge in [-0.15, -0.1) is 5.10 Å². The third-order valence-electron chi connectivity index (χ3n) is 4.58. The number of amides is 1. The molecule has 1 aliphatic heterocycles. The molecule has 3 aromatic rings. The molecule has 0 fully saturated rings. The van der Waals surface area contributed by atoms with Crippen LogP contribution in [0, 0.1) is 5.82 Å². The molecule has 4 rings (SSSR count). The van der Waals surface area contributed by atoms with Crippen LogP contribution in [0.25, 0.3) is 0 Å². The maximum atomic E-state index is 13.1. The van der Waals surface area contributed by atoms with Gasteiger partial charge in [-0.3, -0.25) is 4.79 Å². The van der Waals surface area contributed by atoms with Gasteiger partial charge in [0.05, 0.1) is 29.4 Å². The minimum atomic E-state index is -4.66. The number of anilines is 1. The molecular formula is C19H13ClF4N4O2. The smallest absolute Gasteiger partial charge is 0.365 e. The summed E-state index contributed by atoms with van der Waals surface area (Å²) in [5.41, 5.74) is -0.0758. The van der Waals surface area contributed by atoms with Crippen LogP contribution in [0.5, 0.6) is 0 Å². The van der Waals surface area contributed by atoms with Crippen LogP contribution in [0.2, 0.25) is 5.02 Å². The van der Waals surface area contributed by atoms with Crippen LogP contribution in [0.3, 0.4) is 0 Å². The molecule has 1 amide bonds. The maximum Gasteiger partial charge on any atom is 0.417 e. The maximum absolute atomic E-state index is 13.1. The van der Waals surface area contributed by atoms with Crippen LogP contribution in [0.1, 0.15) is 33.4 Å². The first-order chi connectivity index (χ1) is 14.2. The Balaban J connectivity index is 1.52. The number of alkyl halides is 3. The highest BCUT2D eigenvalue weighted by Crippen LogP contribution is 2.36. The Labute approximate surface area is 172 Å². The summed E-state index contributed by atoms with van der Waals surface area (Å²) < 4.78 is 59.3. The SMILES string of the molecule is O=C(Nc1ccc(Cl)c(C(F)(F)F)c1)c1nnn2c1CO[C@@H](c1ccc(F)cc1)C2. The molecule has 2 heterocycles. The molecule has 6 nitrogen and oxygen atoms in total. The first-order valence-electron chi connectivity index (χ1n) is 8.70. The van der Waals surface area contributed by atoms with E-state index in [4.69, 9.17) is 16.3 Å². The molecule has 1 aliphatic rings. The van der Waals surface area contributed by atoms with Gasteiger partial charge in [-0.05, 0) is 35.9 Å². The molecule has 0 radical (unpaired) electrons. The summed E-state index contributed by atoms with van der Waals surface area (Å²) in [6.45, 7) is 0.257. The van der Waals surface area contributed by atoms with Crippen molar-refractivity contribution in [1.82, 2.24) is 15.0 Å². The number of fused-ring (bicyclic) bond motifs is 1. The zero-order chi connectivity index (χ0) is 21.5. The van der Waals surface area contributed by atoms with Gasteiger partial charge in [-0.2, -0.15) is 13.2 Å². The Hall–Kier alpha value is -2.98. The zero-order valence-corrected chi connectivity index (χ0v) is 15.8. The second kappa shape index (κ2) is 7.69. The molecular weight excluding hydrogens is 428 g/mol. The van der Waals surface area contributed by atoms with E-state index in [1.807, 2.05) is 0 Å². The molecule has 1 atom stereocenters. The summed E-state index contributed by atoms with van der Waals surface area (Å²) in [7, 11) is 0. The summed E-state index contributed by atoms with van der Waals surface area (Å²) in [5, 5.41) is 9.67. The highest BCUT2D eigenvalue weighted by Gasteiger charge is 2.34. The third kappa shape index (κ3) is 4.01. The third-order valence-corrected chi connectivity index (χ3v) is 4.91. The van der Waals surface area contributed by atoms with Crippen molar-refractivity contribution in [3.8, 4) is 0 Å². The standard InChI is InChI=1S/C19H13ClF4N4O2/c20-14-6-5-12(7-13(14)19(22,23)24)25-18(29)17-15-9-30-16(8-28(15)27-26-17)10-1-3-11(21)4-2-10/h1-7,16H,8-9H2,(H,25,29)/t16-/m1/s1. The van der Waals surface area contributed by atoms with Crippen molar-refractivity contribution in [3.05, 3.63) is 75.8 Å². The molecule has 1 aromatic heterocycles. The highest BCUT2D eigenvalue weighted by atomic mass is 35.5. The van der Waals surface area contributed by atoms with Crippen LogP contribution in [0.15, 0.2) is 42.5 Å². The average molecular weight is 441 g/mol. The van der Waals surface area contributed by atoms with Crippen LogP contribution in [-0.2, 0) is 24.1 Å². The van der Waals surface area contributed by atoms with Gasteiger partial charge in [0, 0.05) is 5.69 Å². The van der Waals surface area contributed by atoms with E-state index in [0.29, 0.717) is 5.69 Å². The molecule has 0 unspecified atom stereocenters. The Morgan fingerprint density at radius 3 is 2.63 bits per heavy atom. The van der Waals surface area contributed by atoms with Gasteiger partial charge in [0.25, 0.3) is 5.91 Å². The van der Waals surface area contributed by atoms with E-state index in [9.17, 15) is 22.4 Å². The number of carbonyl (C=O) groups excluding carboxylic acids is 1. The fourth-order valence-electron chi connectivity index (χ4n) is 3.08. The molecule has 0 spiro atoms. The van der Waals surface area contributed by atoms with E-state index >= 15 is 0 Å². The molecule has 0 saturated carbocycles. The van der Waals surface area contributed by atoms with E-state index in [2.05, 4.69) is 15.6 Å². The topological polar surface area (TPSA) is 69.0 Å². The van der Waals surface area contributed by atoms with E-state index < -0.39 is 28.8 Å². The summed E-state index contributed by atoms with van der Waals surface area (Å²) in [6, 6.07) is 8.87.